The van der Waals surface area contributed by atoms with Crippen molar-refractivity contribution in [2.24, 2.45) is 5.73 Å². The molecule has 0 aliphatic carbocycles. The highest BCUT2D eigenvalue weighted by atomic mass is 32.2. The molecule has 8 heavy (non-hydrogen) atoms. The van der Waals surface area contributed by atoms with Crippen molar-refractivity contribution >= 4 is 11.8 Å². The van der Waals surface area contributed by atoms with Gasteiger partial charge in [0, 0.05) is 5.75 Å². The summed E-state index contributed by atoms with van der Waals surface area (Å²) >= 11 is 1.47. The van der Waals surface area contributed by atoms with Crippen molar-refractivity contribution in [1.29, 1.82) is 0 Å². The number of nitrogens with two attached hydrogens (primary N) is 1. The molecule has 0 radical (unpaired) electrons. The Bertz CT molecular complexity index is 82.5. The lowest BCUT2D eigenvalue weighted by Gasteiger charge is -2.00. The smallest absolute Gasteiger partial charge is 0.111 e. The van der Waals surface area contributed by atoms with Crippen LogP contribution in [0.5, 0.6) is 0 Å². The second kappa shape index (κ2) is 3.95. The maximum Gasteiger partial charge on any atom is 0.111 e. The van der Waals surface area contributed by atoms with Gasteiger partial charge < -0.3 is 10.8 Å². The molecule has 0 aromatic heterocycles. The van der Waals surface area contributed by atoms with Gasteiger partial charge in [0.2, 0.25) is 0 Å². The van der Waals surface area contributed by atoms with Crippen LogP contribution in [-0.2, 0) is 0 Å². The Kier molecular flexibility index (Phi) is 3.95. The number of rotatable bonds is 3. The van der Waals surface area contributed by atoms with E-state index in [0.717, 1.165) is 4.91 Å². The lowest BCUT2D eigenvalue weighted by molar-refractivity contribution is 0.208. The molecule has 0 rings (SSSR count). The van der Waals surface area contributed by atoms with Gasteiger partial charge in [-0.3, -0.25) is 0 Å². The van der Waals surface area contributed by atoms with E-state index in [1.54, 1.807) is 0 Å². The molecule has 0 aromatic carbocycles. The predicted octanol–water partition coefficient (Wildman–Crippen LogP) is 0.530. The predicted molar refractivity (Wildman–Crippen MR) is 37.5 cm³/mol. The fraction of sp³-hybridized carbons (Fsp3) is 0.600. The van der Waals surface area contributed by atoms with E-state index < -0.39 is 6.23 Å². The summed E-state index contributed by atoms with van der Waals surface area (Å²) in [7, 11) is 0. The molecule has 48 valence electrons. The minimum Gasteiger partial charge on any atom is -0.378 e. The van der Waals surface area contributed by atoms with Crippen LogP contribution in [0, 0.1) is 0 Å². The summed E-state index contributed by atoms with van der Waals surface area (Å²) in [5.74, 6) is 0.537. The van der Waals surface area contributed by atoms with Crippen LogP contribution < -0.4 is 5.73 Å². The highest BCUT2D eigenvalue weighted by Crippen LogP contribution is 2.10. The Morgan fingerprint density at radius 3 is 2.62 bits per heavy atom. The lowest BCUT2D eigenvalue weighted by Crippen LogP contribution is -2.21. The number of aliphatic hydroxyl groups excluding tert-OH is 1. The molecule has 0 fully saturated rings. The maximum absolute atomic E-state index is 8.52. The van der Waals surface area contributed by atoms with Crippen molar-refractivity contribution < 1.29 is 5.11 Å². The molecule has 0 aliphatic heterocycles. The van der Waals surface area contributed by atoms with Crippen LogP contribution in [0.25, 0.3) is 0 Å². The van der Waals surface area contributed by atoms with E-state index >= 15 is 0 Å². The third-order valence-electron chi connectivity index (χ3n) is 0.500. The van der Waals surface area contributed by atoms with Crippen LogP contribution in [0.3, 0.4) is 0 Å². The summed E-state index contributed by atoms with van der Waals surface area (Å²) in [6, 6.07) is 0. The first-order valence-corrected chi connectivity index (χ1v) is 3.33. The molecule has 1 atom stereocenters. The van der Waals surface area contributed by atoms with Gasteiger partial charge in [0.05, 0.1) is 0 Å². The highest BCUT2D eigenvalue weighted by molar-refractivity contribution is 8.03. The summed E-state index contributed by atoms with van der Waals surface area (Å²) in [5.41, 5.74) is 5.03. The lowest BCUT2D eigenvalue weighted by atomic mass is 10.7. The van der Waals surface area contributed by atoms with Crippen LogP contribution in [0.2, 0.25) is 0 Å². The molecule has 0 aromatic rings. The summed E-state index contributed by atoms with van der Waals surface area (Å²) in [6.07, 6.45) is -0.711. The number of thioether (sulfide) groups is 1. The zero-order valence-electron chi connectivity index (χ0n) is 4.92. The van der Waals surface area contributed by atoms with Gasteiger partial charge in [-0.15, -0.1) is 11.8 Å². The van der Waals surface area contributed by atoms with Crippen molar-refractivity contribution in [2.45, 2.75) is 13.2 Å². The zero-order chi connectivity index (χ0) is 6.57. The average Bonchev–Trinajstić information content (AvgIpc) is 1.61. The van der Waals surface area contributed by atoms with Gasteiger partial charge in [-0.05, 0) is 11.8 Å². The van der Waals surface area contributed by atoms with Gasteiger partial charge in [0.25, 0.3) is 0 Å². The van der Waals surface area contributed by atoms with E-state index in [-0.39, 0.29) is 0 Å². The largest absolute Gasteiger partial charge is 0.378 e. The van der Waals surface area contributed by atoms with E-state index in [2.05, 4.69) is 6.58 Å². The summed E-state index contributed by atoms with van der Waals surface area (Å²) in [4.78, 5) is 0.981. The Morgan fingerprint density at radius 2 is 2.50 bits per heavy atom. The molecule has 0 spiro atoms. The van der Waals surface area contributed by atoms with Crippen molar-refractivity contribution in [3.05, 3.63) is 11.5 Å². The number of aliphatic hydroxyl groups is 1. The first kappa shape index (κ1) is 8.01. The minimum absolute atomic E-state index is 0.537. The summed E-state index contributed by atoms with van der Waals surface area (Å²) < 4.78 is 0. The van der Waals surface area contributed by atoms with Gasteiger partial charge in [-0.1, -0.05) is 6.58 Å². The number of hydrogen-bond donors (Lipinski definition) is 2. The molecule has 0 aliphatic rings. The fourth-order valence-corrected chi connectivity index (χ4v) is 0.683. The van der Waals surface area contributed by atoms with Gasteiger partial charge in [0.1, 0.15) is 6.23 Å². The van der Waals surface area contributed by atoms with Gasteiger partial charge in [0.15, 0.2) is 0 Å². The van der Waals surface area contributed by atoms with Crippen molar-refractivity contribution in [2.75, 3.05) is 5.75 Å². The molecule has 0 bridgehead atoms. The quantitative estimate of drug-likeness (QED) is 0.552. The molecule has 0 heterocycles. The standard InChI is InChI=1S/C5H11NOS/c1-4(2)8-3-5(6)7/h5,7H,1,3,6H2,2H3. The Morgan fingerprint density at radius 1 is 2.00 bits per heavy atom. The molecule has 3 N–H and O–H groups in total. The molecule has 0 saturated carbocycles. The van der Waals surface area contributed by atoms with E-state index in [0.29, 0.717) is 5.75 Å². The van der Waals surface area contributed by atoms with Crippen LogP contribution in [0.4, 0.5) is 0 Å². The molecule has 1 unspecified atom stereocenters. The molecular weight excluding hydrogens is 122 g/mol. The normalized spacial score (nSPS) is 13.4. The highest BCUT2D eigenvalue weighted by Gasteiger charge is 1.93. The Hall–Kier alpha value is 0.01000. The monoisotopic (exact) mass is 133 g/mol. The summed E-state index contributed by atoms with van der Waals surface area (Å²) in [6.45, 7) is 5.51. The Labute approximate surface area is 53.8 Å². The second-order valence-electron chi connectivity index (χ2n) is 1.58. The van der Waals surface area contributed by atoms with E-state index in [1.165, 1.54) is 11.8 Å². The fourth-order valence-electron chi connectivity index (χ4n) is 0.228. The summed E-state index contributed by atoms with van der Waals surface area (Å²) in [5, 5.41) is 8.52. The first-order chi connectivity index (χ1) is 3.63. The zero-order valence-corrected chi connectivity index (χ0v) is 5.74. The number of allylic oxidation sites excluding steroid dienone is 1. The van der Waals surface area contributed by atoms with Crippen LogP contribution >= 0.6 is 11.8 Å². The third kappa shape index (κ3) is 6.01. The maximum atomic E-state index is 8.52. The minimum atomic E-state index is -0.711. The molecule has 2 nitrogen and oxygen atoms in total. The SMILES string of the molecule is C=C(C)SCC(N)O. The average molecular weight is 133 g/mol. The van der Waals surface area contributed by atoms with Gasteiger partial charge in [-0.25, -0.2) is 0 Å². The Balaban J connectivity index is 3.05. The van der Waals surface area contributed by atoms with Crippen LogP contribution in [0.15, 0.2) is 11.5 Å². The molecule has 0 saturated heterocycles. The second-order valence-corrected chi connectivity index (χ2v) is 2.90. The van der Waals surface area contributed by atoms with Gasteiger partial charge in [-0.2, -0.15) is 0 Å². The number of hydrogen-bond acceptors (Lipinski definition) is 3. The molecule has 0 amide bonds. The van der Waals surface area contributed by atoms with E-state index in [9.17, 15) is 0 Å². The van der Waals surface area contributed by atoms with Gasteiger partial charge >= 0.3 is 0 Å². The van der Waals surface area contributed by atoms with Crippen LogP contribution in [-0.4, -0.2) is 17.1 Å². The molecular formula is C5H11NOS. The van der Waals surface area contributed by atoms with Crippen molar-refractivity contribution in [3.63, 3.8) is 0 Å². The van der Waals surface area contributed by atoms with E-state index in [1.807, 2.05) is 6.92 Å². The van der Waals surface area contributed by atoms with E-state index in [4.69, 9.17) is 10.8 Å². The third-order valence-corrected chi connectivity index (χ3v) is 1.50. The topological polar surface area (TPSA) is 46.2 Å². The van der Waals surface area contributed by atoms with Crippen LogP contribution in [0.1, 0.15) is 6.92 Å². The first-order valence-electron chi connectivity index (χ1n) is 2.35. The van der Waals surface area contributed by atoms with Crippen molar-refractivity contribution in [3.8, 4) is 0 Å². The molecule has 3 heteroatoms. The van der Waals surface area contributed by atoms with Crippen molar-refractivity contribution in [1.82, 2.24) is 0 Å².